The molecule has 0 aliphatic heterocycles. The van der Waals surface area contributed by atoms with Crippen LogP contribution in [0.25, 0.3) is 0 Å². The lowest BCUT2D eigenvalue weighted by Gasteiger charge is -2.26. The molecule has 0 heterocycles. The number of thiol groups is 1. The lowest BCUT2D eigenvalue weighted by atomic mass is 9.99. The summed E-state index contributed by atoms with van der Waals surface area (Å²) < 4.78 is 0. The molecular formula is C16H30N4O5S. The molecule has 26 heavy (non-hydrogen) atoms. The van der Waals surface area contributed by atoms with Crippen LogP contribution in [0, 0.1) is 11.8 Å². The average Bonchev–Trinajstić information content (AvgIpc) is 2.59. The van der Waals surface area contributed by atoms with Crippen LogP contribution in [-0.4, -0.2) is 59.2 Å². The van der Waals surface area contributed by atoms with Crippen molar-refractivity contribution >= 4 is 36.3 Å². The number of nitrogens with two attached hydrogens (primary N) is 1. The Morgan fingerprint density at radius 2 is 1.62 bits per heavy atom. The highest BCUT2D eigenvalue weighted by molar-refractivity contribution is 7.80. The number of carbonyl (C=O) groups excluding carboxylic acids is 3. The van der Waals surface area contributed by atoms with Crippen LogP contribution < -0.4 is 21.7 Å². The van der Waals surface area contributed by atoms with Crippen LogP contribution in [0.5, 0.6) is 0 Å². The third-order valence-corrected chi connectivity index (χ3v) is 4.40. The fourth-order valence-electron chi connectivity index (χ4n) is 2.04. The molecule has 0 aromatic rings. The average molecular weight is 391 g/mol. The number of carbonyl (C=O) groups is 4. The number of nitrogens with one attached hydrogen (secondary N) is 3. The molecular weight excluding hydrogens is 360 g/mol. The van der Waals surface area contributed by atoms with Crippen molar-refractivity contribution < 1.29 is 24.3 Å². The highest BCUT2D eigenvalue weighted by atomic mass is 32.1. The summed E-state index contributed by atoms with van der Waals surface area (Å²) in [4.78, 5) is 47.2. The number of amides is 3. The molecule has 0 aliphatic carbocycles. The second kappa shape index (κ2) is 11.7. The molecule has 0 aromatic heterocycles. The lowest BCUT2D eigenvalue weighted by molar-refractivity contribution is -0.138. The van der Waals surface area contributed by atoms with Crippen molar-refractivity contribution in [3.8, 4) is 0 Å². The van der Waals surface area contributed by atoms with E-state index in [1.54, 1.807) is 13.8 Å². The van der Waals surface area contributed by atoms with Crippen molar-refractivity contribution in [2.24, 2.45) is 17.6 Å². The van der Waals surface area contributed by atoms with E-state index in [4.69, 9.17) is 10.8 Å². The summed E-state index contributed by atoms with van der Waals surface area (Å²) in [5.41, 5.74) is 5.85. The van der Waals surface area contributed by atoms with Gasteiger partial charge in [0.25, 0.3) is 0 Å². The highest BCUT2D eigenvalue weighted by Crippen LogP contribution is 2.07. The van der Waals surface area contributed by atoms with Crippen LogP contribution in [0.2, 0.25) is 0 Å². The Morgan fingerprint density at radius 3 is 2.04 bits per heavy atom. The fraction of sp³-hybridized carbons (Fsp3) is 0.750. The SMILES string of the molecule is CCC(C)C(N)C(=O)NC(CS)C(=O)NC(C(=O)NCC(=O)O)C(C)C. The van der Waals surface area contributed by atoms with Gasteiger partial charge in [0.15, 0.2) is 0 Å². The highest BCUT2D eigenvalue weighted by Gasteiger charge is 2.30. The fourth-order valence-corrected chi connectivity index (χ4v) is 2.29. The number of hydrogen-bond donors (Lipinski definition) is 6. The Labute approximate surface area is 159 Å². The van der Waals surface area contributed by atoms with Crippen molar-refractivity contribution in [3.63, 3.8) is 0 Å². The quantitative estimate of drug-likeness (QED) is 0.252. The van der Waals surface area contributed by atoms with Gasteiger partial charge in [0.05, 0.1) is 6.04 Å². The summed E-state index contributed by atoms with van der Waals surface area (Å²) >= 11 is 4.07. The van der Waals surface area contributed by atoms with E-state index in [2.05, 4.69) is 28.6 Å². The predicted molar refractivity (Wildman–Crippen MR) is 101 cm³/mol. The first-order chi connectivity index (χ1) is 12.0. The monoisotopic (exact) mass is 390 g/mol. The zero-order chi connectivity index (χ0) is 20.4. The Bertz CT molecular complexity index is 515. The van der Waals surface area contributed by atoms with Gasteiger partial charge in [0, 0.05) is 5.75 Å². The largest absolute Gasteiger partial charge is 0.480 e. The summed E-state index contributed by atoms with van der Waals surface area (Å²) in [6.07, 6.45) is 0.714. The summed E-state index contributed by atoms with van der Waals surface area (Å²) in [6, 6.07) is -2.66. The number of rotatable bonds is 11. The van der Waals surface area contributed by atoms with Gasteiger partial charge in [-0.25, -0.2) is 0 Å². The minimum Gasteiger partial charge on any atom is -0.480 e. The summed E-state index contributed by atoms with van der Waals surface area (Å²) in [6.45, 7) is 6.61. The van der Waals surface area contributed by atoms with E-state index in [0.717, 1.165) is 0 Å². The molecule has 9 nitrogen and oxygen atoms in total. The number of aliphatic carboxylic acids is 1. The Balaban J connectivity index is 4.95. The van der Waals surface area contributed by atoms with Crippen LogP contribution >= 0.6 is 12.6 Å². The zero-order valence-electron chi connectivity index (χ0n) is 15.6. The molecule has 0 fully saturated rings. The van der Waals surface area contributed by atoms with Crippen molar-refractivity contribution in [2.75, 3.05) is 12.3 Å². The molecule has 0 radical (unpaired) electrons. The molecule has 3 amide bonds. The number of carboxylic acid groups (broad SMARTS) is 1. The maximum atomic E-state index is 12.4. The van der Waals surface area contributed by atoms with Gasteiger partial charge < -0.3 is 26.8 Å². The van der Waals surface area contributed by atoms with Crippen LogP contribution in [0.15, 0.2) is 0 Å². The minimum absolute atomic E-state index is 0.0202. The first-order valence-corrected chi connectivity index (χ1v) is 9.14. The molecule has 0 saturated carbocycles. The third-order valence-electron chi connectivity index (χ3n) is 4.04. The molecule has 0 saturated heterocycles. The van der Waals surface area contributed by atoms with Crippen LogP contribution in [0.3, 0.4) is 0 Å². The van der Waals surface area contributed by atoms with Crippen molar-refractivity contribution in [3.05, 3.63) is 0 Å². The van der Waals surface area contributed by atoms with E-state index in [1.165, 1.54) is 0 Å². The molecule has 10 heteroatoms. The minimum atomic E-state index is -1.19. The topological polar surface area (TPSA) is 151 Å². The standard InChI is InChI=1S/C16H30N4O5S/c1-5-9(4)12(17)15(24)19-10(7-26)14(23)20-13(8(2)3)16(25)18-6-11(21)22/h8-10,12-13,26H,5-7,17H2,1-4H3,(H,18,25)(H,19,24)(H,20,23)(H,21,22). The number of hydrogen-bond acceptors (Lipinski definition) is 6. The normalized spacial score (nSPS) is 15.5. The molecule has 6 N–H and O–H groups in total. The van der Waals surface area contributed by atoms with E-state index < -0.39 is 48.4 Å². The molecule has 0 spiro atoms. The molecule has 4 atom stereocenters. The van der Waals surface area contributed by atoms with Gasteiger partial charge >= 0.3 is 5.97 Å². The molecule has 0 aliphatic rings. The third kappa shape index (κ3) is 8.05. The molecule has 0 aromatic carbocycles. The van der Waals surface area contributed by atoms with Gasteiger partial charge in [-0.2, -0.15) is 12.6 Å². The van der Waals surface area contributed by atoms with Gasteiger partial charge in [-0.1, -0.05) is 34.1 Å². The molecule has 0 rings (SSSR count). The number of carboxylic acids is 1. The Kier molecular flexibility index (Phi) is 10.9. The van der Waals surface area contributed by atoms with E-state index in [-0.39, 0.29) is 17.6 Å². The van der Waals surface area contributed by atoms with Gasteiger partial charge in [0.2, 0.25) is 17.7 Å². The molecule has 0 bridgehead atoms. The van der Waals surface area contributed by atoms with E-state index in [9.17, 15) is 19.2 Å². The maximum Gasteiger partial charge on any atom is 0.322 e. The van der Waals surface area contributed by atoms with Crippen molar-refractivity contribution in [1.29, 1.82) is 0 Å². The predicted octanol–water partition coefficient (Wildman–Crippen LogP) is -0.884. The van der Waals surface area contributed by atoms with Crippen LogP contribution in [0.1, 0.15) is 34.1 Å². The van der Waals surface area contributed by atoms with Crippen molar-refractivity contribution in [2.45, 2.75) is 52.2 Å². The van der Waals surface area contributed by atoms with Crippen LogP contribution in [-0.2, 0) is 19.2 Å². The Morgan fingerprint density at radius 1 is 1.04 bits per heavy atom. The smallest absolute Gasteiger partial charge is 0.322 e. The summed E-state index contributed by atoms with van der Waals surface area (Å²) in [5.74, 6) is -3.18. The maximum absolute atomic E-state index is 12.4. The van der Waals surface area contributed by atoms with E-state index >= 15 is 0 Å². The van der Waals surface area contributed by atoms with Gasteiger partial charge in [-0.15, -0.1) is 0 Å². The van der Waals surface area contributed by atoms with E-state index in [0.29, 0.717) is 6.42 Å². The first kappa shape index (κ1) is 24.2. The van der Waals surface area contributed by atoms with Gasteiger partial charge in [-0.3, -0.25) is 19.2 Å². The second-order valence-electron chi connectivity index (χ2n) is 6.50. The lowest BCUT2D eigenvalue weighted by Crippen LogP contribution is -2.58. The summed E-state index contributed by atoms with van der Waals surface area (Å²) in [5, 5.41) is 15.9. The van der Waals surface area contributed by atoms with Crippen LogP contribution in [0.4, 0.5) is 0 Å². The molecule has 150 valence electrons. The molecule has 4 unspecified atom stereocenters. The van der Waals surface area contributed by atoms with Crippen molar-refractivity contribution in [1.82, 2.24) is 16.0 Å². The Hall–Kier alpha value is -1.81. The summed E-state index contributed by atoms with van der Waals surface area (Å²) in [7, 11) is 0. The van der Waals surface area contributed by atoms with Gasteiger partial charge in [-0.05, 0) is 11.8 Å². The zero-order valence-corrected chi connectivity index (χ0v) is 16.5. The second-order valence-corrected chi connectivity index (χ2v) is 6.86. The van der Waals surface area contributed by atoms with Gasteiger partial charge in [0.1, 0.15) is 18.6 Å². The first-order valence-electron chi connectivity index (χ1n) is 8.51. The van der Waals surface area contributed by atoms with E-state index in [1.807, 2.05) is 13.8 Å².